The van der Waals surface area contributed by atoms with E-state index in [9.17, 15) is 9.59 Å². The summed E-state index contributed by atoms with van der Waals surface area (Å²) in [5, 5.41) is 1.10. The van der Waals surface area contributed by atoms with Crippen LogP contribution in [0.5, 0.6) is 0 Å². The number of halogens is 2. The fourth-order valence-electron chi connectivity index (χ4n) is 2.77. The van der Waals surface area contributed by atoms with Gasteiger partial charge in [0, 0.05) is 0 Å². The maximum absolute atomic E-state index is 12.4. The van der Waals surface area contributed by atoms with E-state index in [-0.39, 0.29) is 25.3 Å². The number of benzene rings is 2. The van der Waals surface area contributed by atoms with Crippen LogP contribution in [0.2, 0.25) is 10.0 Å². The van der Waals surface area contributed by atoms with E-state index < -0.39 is 11.9 Å². The van der Waals surface area contributed by atoms with Gasteiger partial charge in [0.05, 0.1) is 0 Å². The summed E-state index contributed by atoms with van der Waals surface area (Å²) in [6.45, 7) is 0. The molecule has 0 radical (unpaired) electrons. The zero-order chi connectivity index (χ0) is 18.8. The van der Waals surface area contributed by atoms with Gasteiger partial charge in [0.25, 0.3) is 0 Å². The number of hydrogen-bond acceptors (Lipinski definition) is 4. The summed E-state index contributed by atoms with van der Waals surface area (Å²) in [5.41, 5.74) is 2.74. The minimum atomic E-state index is -0.578. The molecule has 3 rings (SSSR count). The maximum atomic E-state index is 12.4. The molecule has 4 nitrogen and oxygen atoms in total. The predicted octanol–water partition coefficient (Wildman–Crippen LogP) is 3.86. The first-order valence-corrected chi connectivity index (χ1v) is 10.2. The van der Waals surface area contributed by atoms with Gasteiger partial charge in [-0.05, 0) is 0 Å². The Morgan fingerprint density at radius 3 is 2.15 bits per heavy atom. The Bertz CT molecular complexity index is 906. The van der Waals surface area contributed by atoms with Gasteiger partial charge in [-0.25, -0.2) is 0 Å². The van der Waals surface area contributed by atoms with Crippen LogP contribution in [-0.2, 0) is 19.1 Å². The molecule has 1 aliphatic rings. The van der Waals surface area contributed by atoms with E-state index in [2.05, 4.69) is 0 Å². The summed E-state index contributed by atoms with van der Waals surface area (Å²) in [4.78, 5) is 24.7. The summed E-state index contributed by atoms with van der Waals surface area (Å²) < 4.78 is 10.2. The Morgan fingerprint density at radius 2 is 1.54 bits per heavy atom. The molecule has 0 aliphatic carbocycles. The normalized spacial score (nSPS) is 16.1. The van der Waals surface area contributed by atoms with Crippen LogP contribution in [0, 0.1) is 0 Å². The van der Waals surface area contributed by atoms with E-state index in [0.29, 0.717) is 20.1 Å². The Balaban J connectivity index is 2.25. The predicted molar refractivity (Wildman–Crippen MR) is 101 cm³/mol. The number of methoxy groups -OCH3 is 2. The number of fused-ring (bicyclic) bond motifs is 1. The first-order valence-electron chi connectivity index (χ1n) is 7.59. The van der Waals surface area contributed by atoms with Crippen molar-refractivity contribution < 1.29 is 19.1 Å². The van der Waals surface area contributed by atoms with Crippen molar-refractivity contribution in [1.29, 1.82) is 0 Å². The molecule has 0 N–H and O–H groups in total. The molecular formula is C19H14Cl2O4Se. The number of esters is 2. The zero-order valence-corrected chi connectivity index (χ0v) is 17.1. The van der Waals surface area contributed by atoms with Crippen molar-refractivity contribution in [2.75, 3.05) is 14.2 Å². The summed E-state index contributed by atoms with van der Waals surface area (Å²) in [7, 11) is 2.58. The quantitative estimate of drug-likeness (QED) is 0.520. The molecular weight excluding hydrogens is 442 g/mol. The van der Waals surface area contributed by atoms with Gasteiger partial charge in [-0.15, -0.1) is 0 Å². The molecule has 0 saturated carbocycles. The molecule has 1 heterocycles. The van der Waals surface area contributed by atoms with E-state index in [1.807, 2.05) is 18.2 Å². The van der Waals surface area contributed by atoms with E-state index in [0.717, 1.165) is 11.1 Å². The van der Waals surface area contributed by atoms with E-state index >= 15 is 0 Å². The summed E-state index contributed by atoms with van der Waals surface area (Å²) >= 11 is 11.8. The van der Waals surface area contributed by atoms with Crippen LogP contribution in [-0.4, -0.2) is 41.1 Å². The number of carbonyl (C=O) groups is 2. The second-order valence-electron chi connectivity index (χ2n) is 5.47. The van der Waals surface area contributed by atoms with Gasteiger partial charge in [0.15, 0.2) is 0 Å². The van der Waals surface area contributed by atoms with Crippen LogP contribution in [0.25, 0.3) is 5.57 Å². The molecule has 1 aliphatic heterocycles. The molecule has 0 fully saturated rings. The number of ether oxygens (including phenoxy) is 2. The zero-order valence-electron chi connectivity index (χ0n) is 13.9. The number of rotatable bonds is 3. The van der Waals surface area contributed by atoms with Crippen LogP contribution in [0.15, 0.2) is 46.9 Å². The molecule has 134 valence electrons. The van der Waals surface area contributed by atoms with Crippen LogP contribution in [0.3, 0.4) is 0 Å². The third kappa shape index (κ3) is 3.53. The molecule has 2 aromatic rings. The Labute approximate surface area is 167 Å². The van der Waals surface area contributed by atoms with Gasteiger partial charge < -0.3 is 0 Å². The molecule has 2 aromatic carbocycles. The van der Waals surface area contributed by atoms with Crippen molar-refractivity contribution in [1.82, 2.24) is 0 Å². The molecule has 1 atom stereocenters. The average Bonchev–Trinajstić information content (AvgIpc) is 2.66. The monoisotopic (exact) mass is 456 g/mol. The second kappa shape index (κ2) is 7.85. The van der Waals surface area contributed by atoms with Crippen molar-refractivity contribution in [2.24, 2.45) is 0 Å². The number of carbonyl (C=O) groups excluding carboxylic acids is 2. The SMILES string of the molecule is COC(=O)C1=C(C(=O)OC)c2cc(Cl)ccc2C(c2ccc(Cl)cc2)[Se]1. The van der Waals surface area contributed by atoms with E-state index in [4.69, 9.17) is 32.7 Å². The Kier molecular flexibility index (Phi) is 5.73. The van der Waals surface area contributed by atoms with Gasteiger partial charge >= 0.3 is 167 Å². The van der Waals surface area contributed by atoms with Crippen molar-refractivity contribution in [2.45, 2.75) is 4.82 Å². The summed E-state index contributed by atoms with van der Waals surface area (Å²) in [5.74, 6) is -1.11. The topological polar surface area (TPSA) is 52.6 Å². The van der Waals surface area contributed by atoms with Crippen LogP contribution >= 0.6 is 23.2 Å². The van der Waals surface area contributed by atoms with Crippen molar-refractivity contribution in [3.05, 3.63) is 73.7 Å². The average molecular weight is 456 g/mol. The number of hydrogen-bond donors (Lipinski definition) is 0. The molecule has 0 aromatic heterocycles. The van der Waals surface area contributed by atoms with Crippen molar-refractivity contribution in [3.8, 4) is 0 Å². The van der Waals surface area contributed by atoms with Crippen LogP contribution in [0.4, 0.5) is 0 Å². The third-order valence-corrected chi connectivity index (χ3v) is 7.32. The summed E-state index contributed by atoms with van der Waals surface area (Å²) in [6, 6.07) is 12.8. The fourth-order valence-corrected chi connectivity index (χ4v) is 5.90. The molecule has 26 heavy (non-hydrogen) atoms. The summed E-state index contributed by atoms with van der Waals surface area (Å²) in [6.07, 6.45) is 0. The fraction of sp³-hybridized carbons (Fsp3) is 0.158. The molecule has 0 saturated heterocycles. The van der Waals surface area contributed by atoms with Crippen LogP contribution < -0.4 is 0 Å². The minimum absolute atomic E-state index is 0.0745. The Hall–Kier alpha value is -1.78. The van der Waals surface area contributed by atoms with Gasteiger partial charge in [-0.2, -0.15) is 0 Å². The van der Waals surface area contributed by atoms with Gasteiger partial charge in [0.1, 0.15) is 0 Å². The van der Waals surface area contributed by atoms with Crippen LogP contribution in [0.1, 0.15) is 21.5 Å². The van der Waals surface area contributed by atoms with Gasteiger partial charge in [0.2, 0.25) is 0 Å². The molecule has 0 spiro atoms. The molecule has 7 heteroatoms. The van der Waals surface area contributed by atoms with Crippen molar-refractivity contribution in [3.63, 3.8) is 0 Å². The van der Waals surface area contributed by atoms with E-state index in [1.165, 1.54) is 14.2 Å². The van der Waals surface area contributed by atoms with Crippen molar-refractivity contribution >= 4 is 55.7 Å². The Morgan fingerprint density at radius 1 is 0.923 bits per heavy atom. The van der Waals surface area contributed by atoms with Gasteiger partial charge in [-0.1, -0.05) is 0 Å². The van der Waals surface area contributed by atoms with E-state index in [1.54, 1.807) is 24.3 Å². The second-order valence-corrected chi connectivity index (χ2v) is 8.68. The molecule has 1 unspecified atom stereocenters. The first kappa shape index (κ1) is 19.0. The molecule has 0 amide bonds. The van der Waals surface area contributed by atoms with Gasteiger partial charge in [-0.3, -0.25) is 0 Å². The standard InChI is InChI=1S/C19H14Cl2O4Se/c1-24-18(22)15-14-9-12(21)7-8-13(14)16(26-17(15)19(23)25-2)10-3-5-11(20)6-4-10/h3-9,16H,1-2H3. The molecule has 0 bridgehead atoms. The first-order chi connectivity index (χ1) is 12.5. The third-order valence-electron chi connectivity index (χ3n) is 3.96.